The van der Waals surface area contributed by atoms with Gasteiger partial charge in [0.1, 0.15) is 0 Å². The first-order valence-corrected chi connectivity index (χ1v) is 1.36. The zero-order valence-electron chi connectivity index (χ0n) is 3.26. The van der Waals surface area contributed by atoms with E-state index in [2.05, 4.69) is 0 Å². The van der Waals surface area contributed by atoms with Gasteiger partial charge in [-0.25, -0.2) is 4.79 Å². The van der Waals surface area contributed by atoms with Gasteiger partial charge in [-0.1, -0.05) is 0 Å². The van der Waals surface area contributed by atoms with Crippen molar-refractivity contribution < 1.29 is 4.79 Å². The molecule has 34 valence electrons. The van der Waals surface area contributed by atoms with Gasteiger partial charge in [-0.15, -0.1) is 4.91 Å². The van der Waals surface area contributed by atoms with Crippen LogP contribution in [0.1, 0.15) is 0 Å². The van der Waals surface area contributed by atoms with Gasteiger partial charge in [0.25, 0.3) is 0 Å². The molecule has 0 heterocycles. The molecule has 0 unspecified atom stereocenters. The Morgan fingerprint density at radius 2 is 2.33 bits per heavy atom. The molecule has 0 aliphatic carbocycles. The lowest BCUT2D eigenvalue weighted by Gasteiger charge is -1.77. The quantitative estimate of drug-likeness (QED) is 0.426. The minimum Gasteiger partial charge on any atom is -0.337 e. The molecule has 0 spiro atoms. The van der Waals surface area contributed by atoms with Crippen LogP contribution in [-0.4, -0.2) is 13.1 Å². The van der Waals surface area contributed by atoms with Crippen LogP contribution >= 0.6 is 0 Å². The van der Waals surface area contributed by atoms with Crippen molar-refractivity contribution in [1.29, 1.82) is 0 Å². The molecule has 4 nitrogen and oxygen atoms in total. The summed E-state index contributed by atoms with van der Waals surface area (Å²) in [6, 6.07) is -0.838. The van der Waals surface area contributed by atoms with Crippen molar-refractivity contribution in [1.82, 2.24) is 5.32 Å². The number of hydrogen-bond donors (Lipinski definition) is 1. The van der Waals surface area contributed by atoms with Gasteiger partial charge < -0.3 is 5.32 Å². The van der Waals surface area contributed by atoms with Crippen LogP contribution in [0.4, 0.5) is 4.79 Å². The first-order valence-electron chi connectivity index (χ1n) is 1.36. The van der Waals surface area contributed by atoms with E-state index < -0.39 is 6.03 Å². The Hall–Kier alpha value is -0.930. The van der Waals surface area contributed by atoms with Crippen LogP contribution in [-0.2, 0) is 0 Å². The highest BCUT2D eigenvalue weighted by atomic mass is 16.3. The summed E-state index contributed by atoms with van der Waals surface area (Å²) in [6.45, 7) is 0. The summed E-state index contributed by atoms with van der Waals surface area (Å²) in [4.78, 5) is 18.7. The number of amides is 2. The van der Waals surface area contributed by atoms with Crippen molar-refractivity contribution in [3.63, 3.8) is 0 Å². The number of nitrogens with zero attached hydrogens (tertiary/aromatic N) is 1. The van der Waals surface area contributed by atoms with E-state index in [0.717, 1.165) is 0 Å². The Balaban J connectivity index is 3.23. The van der Waals surface area contributed by atoms with Crippen LogP contribution in [0.15, 0.2) is 5.18 Å². The number of nitrogens with one attached hydrogen (secondary N) is 1. The second kappa shape index (κ2) is 2.32. The molecular formula is C2H4N2O2. The zero-order chi connectivity index (χ0) is 4.99. The molecule has 0 aromatic heterocycles. The van der Waals surface area contributed by atoms with Crippen molar-refractivity contribution in [2.45, 2.75) is 0 Å². The largest absolute Gasteiger partial charge is 0.378 e. The third kappa shape index (κ3) is 1.40. The lowest BCUT2D eigenvalue weighted by Crippen LogP contribution is -2.11. The first-order chi connectivity index (χ1) is 2.81. The molecule has 0 aliphatic rings. The molecule has 6 heavy (non-hydrogen) atoms. The Morgan fingerprint density at radius 1 is 1.83 bits per heavy atom. The fourth-order valence-electron chi connectivity index (χ4n) is 0.0456. The lowest BCUT2D eigenvalue weighted by atomic mass is 11.0. The van der Waals surface area contributed by atoms with Crippen molar-refractivity contribution in [2.75, 3.05) is 7.05 Å². The van der Waals surface area contributed by atoms with E-state index >= 15 is 0 Å². The van der Waals surface area contributed by atoms with Gasteiger partial charge in [0.2, 0.25) is 0 Å². The standard InChI is InChI=1S/C2H4N2O2/c1-3-2(5)4-6/h1H3,(H,3,5). The van der Waals surface area contributed by atoms with Gasteiger partial charge in [-0.2, -0.15) is 0 Å². The maximum Gasteiger partial charge on any atom is 0.378 e. The molecule has 0 aromatic rings. The number of rotatable bonds is 0. The van der Waals surface area contributed by atoms with E-state index in [-0.39, 0.29) is 0 Å². The van der Waals surface area contributed by atoms with Gasteiger partial charge in [-0.05, 0) is 0 Å². The summed E-state index contributed by atoms with van der Waals surface area (Å²) in [5, 5.41) is 4.00. The van der Waals surface area contributed by atoms with Crippen LogP contribution in [0.25, 0.3) is 0 Å². The maximum atomic E-state index is 9.59. The summed E-state index contributed by atoms with van der Waals surface area (Å²) in [5.74, 6) is 0. The average Bonchev–Trinajstić information content (AvgIpc) is 1.65. The fourth-order valence-corrected chi connectivity index (χ4v) is 0.0456. The van der Waals surface area contributed by atoms with E-state index in [1.54, 1.807) is 0 Å². The van der Waals surface area contributed by atoms with Crippen LogP contribution in [0, 0.1) is 4.91 Å². The Morgan fingerprint density at radius 3 is 2.33 bits per heavy atom. The minimum atomic E-state index is -0.838. The van der Waals surface area contributed by atoms with Crippen molar-refractivity contribution in [3.8, 4) is 0 Å². The van der Waals surface area contributed by atoms with Gasteiger partial charge in [0, 0.05) is 12.2 Å². The smallest absolute Gasteiger partial charge is 0.337 e. The van der Waals surface area contributed by atoms with Crippen LogP contribution in [0.3, 0.4) is 0 Å². The van der Waals surface area contributed by atoms with Crippen LogP contribution in [0.2, 0.25) is 0 Å². The van der Waals surface area contributed by atoms with E-state index in [4.69, 9.17) is 4.91 Å². The van der Waals surface area contributed by atoms with E-state index in [1.807, 2.05) is 10.5 Å². The molecule has 0 radical (unpaired) electrons. The second-order valence-corrected chi connectivity index (χ2v) is 0.646. The predicted molar refractivity (Wildman–Crippen MR) is 20.3 cm³/mol. The van der Waals surface area contributed by atoms with E-state index in [9.17, 15) is 4.79 Å². The third-order valence-corrected chi connectivity index (χ3v) is 0.297. The normalized spacial score (nSPS) is 6.83. The van der Waals surface area contributed by atoms with Gasteiger partial charge in [0.15, 0.2) is 0 Å². The molecule has 0 saturated heterocycles. The molecular weight excluding hydrogens is 84.0 g/mol. The molecule has 2 amide bonds. The fraction of sp³-hybridized carbons (Fsp3) is 0.500. The lowest BCUT2D eigenvalue weighted by molar-refractivity contribution is 0.251. The Labute approximate surface area is 34.5 Å². The number of hydrogen-bond acceptors (Lipinski definition) is 2. The molecule has 0 aromatic carbocycles. The summed E-state index contributed by atoms with van der Waals surface area (Å²) in [7, 11) is 1.34. The molecule has 0 rings (SSSR count). The van der Waals surface area contributed by atoms with Crippen LogP contribution in [0.5, 0.6) is 0 Å². The second-order valence-electron chi connectivity index (χ2n) is 0.646. The zero-order valence-corrected chi connectivity index (χ0v) is 3.26. The average molecular weight is 88.1 g/mol. The van der Waals surface area contributed by atoms with Crippen molar-refractivity contribution >= 4 is 6.03 Å². The number of nitroso groups, excluding NO2 is 1. The van der Waals surface area contributed by atoms with Gasteiger partial charge >= 0.3 is 6.03 Å². The summed E-state index contributed by atoms with van der Waals surface area (Å²) in [6.07, 6.45) is 0. The molecule has 0 fully saturated rings. The highest BCUT2D eigenvalue weighted by Crippen LogP contribution is 1.62. The predicted octanol–water partition coefficient (Wildman–Crippen LogP) is 0.0922. The van der Waals surface area contributed by atoms with Gasteiger partial charge in [-0.3, -0.25) is 0 Å². The van der Waals surface area contributed by atoms with E-state index in [1.165, 1.54) is 7.05 Å². The SMILES string of the molecule is CNC(=O)N=O. The highest BCUT2D eigenvalue weighted by Gasteiger charge is 1.86. The summed E-state index contributed by atoms with van der Waals surface area (Å²) < 4.78 is 0. The van der Waals surface area contributed by atoms with E-state index in [0.29, 0.717) is 0 Å². The molecule has 0 atom stereocenters. The monoisotopic (exact) mass is 88.0 g/mol. The Bertz CT molecular complexity index is 69.9. The summed E-state index contributed by atoms with van der Waals surface area (Å²) >= 11 is 0. The molecule has 0 aliphatic heterocycles. The number of carbonyl (C=O) groups excluding carboxylic acids is 1. The molecule has 0 bridgehead atoms. The Kier molecular flexibility index (Phi) is 1.96. The molecule has 4 heteroatoms. The minimum absolute atomic E-state index is 0.838. The third-order valence-electron chi connectivity index (χ3n) is 0.297. The summed E-state index contributed by atoms with van der Waals surface area (Å²) in [5.41, 5.74) is 0. The molecule has 1 N–H and O–H groups in total. The van der Waals surface area contributed by atoms with Crippen LogP contribution < -0.4 is 5.32 Å². The van der Waals surface area contributed by atoms with Gasteiger partial charge in [0.05, 0.1) is 0 Å². The topological polar surface area (TPSA) is 58.5 Å². The van der Waals surface area contributed by atoms with Crippen molar-refractivity contribution in [3.05, 3.63) is 4.91 Å². The van der Waals surface area contributed by atoms with Crippen molar-refractivity contribution in [2.24, 2.45) is 5.18 Å². The first kappa shape index (κ1) is 5.07. The molecule has 0 saturated carbocycles. The highest BCUT2D eigenvalue weighted by molar-refractivity contribution is 5.73. The number of urea groups is 1. The number of carbonyl (C=O) groups is 1. The maximum absolute atomic E-state index is 9.59.